The largest absolute Gasteiger partial charge is 0.496 e. The van der Waals surface area contributed by atoms with Crippen LogP contribution in [-0.4, -0.2) is 21.6 Å². The first kappa shape index (κ1) is 41.3. The molecule has 0 radical (unpaired) electrons. The Bertz CT molecular complexity index is 3110. The Morgan fingerprint density at radius 1 is 0.476 bits per heavy atom. The van der Waals surface area contributed by atoms with Crippen LogP contribution in [0.15, 0.2) is 170 Å². The van der Waals surface area contributed by atoms with Crippen molar-refractivity contribution in [2.75, 3.05) is 7.11 Å². The van der Waals surface area contributed by atoms with E-state index in [-0.39, 0.29) is 10.8 Å². The van der Waals surface area contributed by atoms with Crippen molar-refractivity contribution in [2.24, 2.45) is 0 Å². The van der Waals surface area contributed by atoms with Crippen molar-refractivity contribution in [3.05, 3.63) is 192 Å². The summed E-state index contributed by atoms with van der Waals surface area (Å²) in [5, 5.41) is 0. The van der Waals surface area contributed by atoms with Gasteiger partial charge in [0.1, 0.15) is 11.6 Å². The van der Waals surface area contributed by atoms with Gasteiger partial charge in [0.2, 0.25) is 0 Å². The Balaban J connectivity index is 1.25. The molecule has 4 nitrogen and oxygen atoms in total. The monoisotopic (exact) mass is 821 g/mol. The maximum atomic E-state index is 6.18. The second-order valence-electron chi connectivity index (χ2n) is 18.9. The van der Waals surface area contributed by atoms with Crippen LogP contribution >= 0.6 is 0 Å². The van der Waals surface area contributed by atoms with Crippen molar-refractivity contribution < 1.29 is 4.74 Å². The predicted molar refractivity (Wildman–Crippen MR) is 265 cm³/mol. The Morgan fingerprint density at radius 2 is 1.06 bits per heavy atom. The number of benzene rings is 7. The predicted octanol–water partition coefficient (Wildman–Crippen LogP) is 15.6. The molecule has 2 heterocycles. The topological polar surface area (TPSA) is 39.9 Å². The van der Waals surface area contributed by atoms with Gasteiger partial charge in [-0.1, -0.05) is 157 Å². The SMILES string of the molecule is COc1c(C)cc(C)cc1-c1nc2c(-c3cc(-c4cc(-c5ccc(-c6ccccc6)cc5)ccn4)cc(C(C)(C)C)c3)cccc2n1-c1cc(-c2ccccc2)cc(C(C)(C)C)c1. The van der Waals surface area contributed by atoms with E-state index in [4.69, 9.17) is 14.7 Å². The smallest absolute Gasteiger partial charge is 0.149 e. The van der Waals surface area contributed by atoms with Crippen LogP contribution in [-0.2, 0) is 10.8 Å². The molecule has 4 heteroatoms. The molecule has 9 rings (SSSR count). The fraction of sp³-hybridized carbons (Fsp3) is 0.186. The van der Waals surface area contributed by atoms with Crippen LogP contribution in [0, 0.1) is 13.8 Å². The Kier molecular flexibility index (Phi) is 10.7. The first-order valence-corrected chi connectivity index (χ1v) is 21.9. The van der Waals surface area contributed by atoms with E-state index in [0.29, 0.717) is 0 Å². The summed E-state index contributed by atoms with van der Waals surface area (Å²) in [5.74, 6) is 1.66. The summed E-state index contributed by atoms with van der Waals surface area (Å²) in [6.07, 6.45) is 1.93. The number of para-hydroxylation sites is 1. The summed E-state index contributed by atoms with van der Waals surface area (Å²) < 4.78 is 8.53. The van der Waals surface area contributed by atoms with Crippen LogP contribution in [0.3, 0.4) is 0 Å². The second-order valence-corrected chi connectivity index (χ2v) is 18.9. The van der Waals surface area contributed by atoms with E-state index in [1.807, 2.05) is 6.20 Å². The maximum Gasteiger partial charge on any atom is 0.149 e. The average Bonchev–Trinajstić information content (AvgIpc) is 3.69. The van der Waals surface area contributed by atoms with E-state index in [9.17, 15) is 0 Å². The molecule has 0 N–H and O–H groups in total. The molecular formula is C59H55N3O. The van der Waals surface area contributed by atoms with Crippen molar-refractivity contribution in [2.45, 2.75) is 66.2 Å². The number of pyridine rings is 1. The number of aryl methyl sites for hydroxylation is 2. The zero-order chi connectivity index (χ0) is 44.0. The Labute approximate surface area is 372 Å². The third-order valence-electron chi connectivity index (χ3n) is 12.2. The van der Waals surface area contributed by atoms with E-state index in [1.165, 1.54) is 33.4 Å². The maximum absolute atomic E-state index is 6.18. The molecule has 0 bridgehead atoms. The summed E-state index contributed by atoms with van der Waals surface area (Å²) in [5.41, 5.74) is 19.6. The molecule has 9 aromatic rings. The lowest BCUT2D eigenvalue weighted by atomic mass is 9.83. The summed E-state index contributed by atoms with van der Waals surface area (Å²) >= 11 is 0. The molecule has 0 aliphatic heterocycles. The van der Waals surface area contributed by atoms with E-state index < -0.39 is 0 Å². The molecule has 0 atom stereocenters. The minimum absolute atomic E-state index is 0.0976. The number of fused-ring (bicyclic) bond motifs is 1. The molecule has 63 heavy (non-hydrogen) atoms. The molecule has 0 unspecified atom stereocenters. The zero-order valence-electron chi connectivity index (χ0n) is 37.9. The molecule has 0 aliphatic carbocycles. The Morgan fingerprint density at radius 3 is 1.71 bits per heavy atom. The minimum Gasteiger partial charge on any atom is -0.496 e. The Hall–Kier alpha value is -7.04. The standard InChI is InChI=1S/C59H55N3O/c1-38-29-39(2)56(63-9)52(30-38)57-61-55-51(21-16-22-54(55)62(57)50-35-45(41-19-14-11-15-20-41)32-49(37-50)59(6,7)8)46-31-47(34-48(33-46)58(3,4)5)53-36-44(27-28-60-53)43-25-23-42(24-26-43)40-17-12-10-13-18-40/h10-37H,1-9H3. The number of hydrogen-bond donors (Lipinski definition) is 0. The van der Waals surface area contributed by atoms with Crippen molar-refractivity contribution in [3.63, 3.8) is 0 Å². The zero-order valence-corrected chi connectivity index (χ0v) is 37.9. The molecule has 2 aromatic heterocycles. The fourth-order valence-corrected chi connectivity index (χ4v) is 8.75. The van der Waals surface area contributed by atoms with Gasteiger partial charge in [-0.2, -0.15) is 0 Å². The van der Waals surface area contributed by atoms with Gasteiger partial charge in [0.15, 0.2) is 0 Å². The number of rotatable bonds is 8. The number of aromatic nitrogens is 3. The normalized spacial score (nSPS) is 11.9. The highest BCUT2D eigenvalue weighted by Crippen LogP contribution is 2.43. The molecule has 312 valence electrons. The van der Waals surface area contributed by atoms with Crippen LogP contribution in [0.5, 0.6) is 5.75 Å². The van der Waals surface area contributed by atoms with Crippen molar-refractivity contribution >= 4 is 11.0 Å². The van der Waals surface area contributed by atoms with Crippen molar-refractivity contribution in [1.82, 2.24) is 14.5 Å². The van der Waals surface area contributed by atoms with Gasteiger partial charge in [0.05, 0.1) is 29.4 Å². The van der Waals surface area contributed by atoms with Crippen LogP contribution < -0.4 is 4.74 Å². The number of nitrogens with zero attached hydrogens (tertiary/aromatic N) is 3. The third kappa shape index (κ3) is 8.22. The number of hydrogen-bond acceptors (Lipinski definition) is 3. The molecular weight excluding hydrogens is 767 g/mol. The third-order valence-corrected chi connectivity index (χ3v) is 12.2. The second kappa shape index (κ2) is 16.3. The van der Waals surface area contributed by atoms with Gasteiger partial charge < -0.3 is 4.74 Å². The van der Waals surface area contributed by atoms with Gasteiger partial charge >= 0.3 is 0 Å². The van der Waals surface area contributed by atoms with Gasteiger partial charge in [-0.3, -0.25) is 9.55 Å². The molecule has 0 saturated heterocycles. The molecule has 0 saturated carbocycles. The molecule has 7 aromatic carbocycles. The summed E-state index contributed by atoms with van der Waals surface area (Å²) in [4.78, 5) is 10.6. The van der Waals surface area contributed by atoms with Crippen molar-refractivity contribution in [1.29, 1.82) is 0 Å². The van der Waals surface area contributed by atoms with Crippen molar-refractivity contribution in [3.8, 4) is 78.6 Å². The lowest BCUT2D eigenvalue weighted by Crippen LogP contribution is -2.12. The number of imidazole rings is 1. The van der Waals surface area contributed by atoms with Gasteiger partial charge in [-0.15, -0.1) is 0 Å². The van der Waals surface area contributed by atoms with Gasteiger partial charge in [0.25, 0.3) is 0 Å². The van der Waals surface area contributed by atoms with Crippen LogP contribution in [0.4, 0.5) is 0 Å². The van der Waals surface area contributed by atoms with E-state index >= 15 is 0 Å². The quantitative estimate of drug-likeness (QED) is 0.153. The van der Waals surface area contributed by atoms with E-state index in [0.717, 1.165) is 78.5 Å². The number of methoxy groups -OCH3 is 1. The summed E-state index contributed by atoms with van der Waals surface area (Å²) in [7, 11) is 1.76. The molecule has 0 aliphatic rings. The minimum atomic E-state index is -0.123. The molecule has 0 fully saturated rings. The molecule has 0 amide bonds. The van der Waals surface area contributed by atoms with Gasteiger partial charge in [-0.25, -0.2) is 4.98 Å². The average molecular weight is 822 g/mol. The lowest BCUT2D eigenvalue weighted by Gasteiger charge is -2.23. The summed E-state index contributed by atoms with van der Waals surface area (Å²) in [6.45, 7) is 17.9. The highest BCUT2D eigenvalue weighted by molar-refractivity contribution is 5.97. The number of ether oxygens (including phenoxy) is 1. The lowest BCUT2D eigenvalue weighted by molar-refractivity contribution is 0.413. The highest BCUT2D eigenvalue weighted by Gasteiger charge is 2.25. The van der Waals surface area contributed by atoms with Crippen LogP contribution in [0.1, 0.15) is 63.8 Å². The van der Waals surface area contributed by atoms with Crippen LogP contribution in [0.2, 0.25) is 0 Å². The summed E-state index contributed by atoms with van der Waals surface area (Å²) in [6, 6.07) is 59.2. The van der Waals surface area contributed by atoms with E-state index in [1.54, 1.807) is 7.11 Å². The first-order chi connectivity index (χ1) is 30.2. The first-order valence-electron chi connectivity index (χ1n) is 21.9. The fourth-order valence-electron chi connectivity index (χ4n) is 8.75. The van der Waals surface area contributed by atoms with E-state index in [2.05, 4.69) is 224 Å². The molecule has 0 spiro atoms. The van der Waals surface area contributed by atoms with Gasteiger partial charge in [-0.05, 0) is 134 Å². The van der Waals surface area contributed by atoms with Gasteiger partial charge in [0, 0.05) is 23.0 Å². The van der Waals surface area contributed by atoms with Crippen LogP contribution in [0.25, 0.3) is 83.9 Å². The highest BCUT2D eigenvalue weighted by atomic mass is 16.5.